The first kappa shape index (κ1) is 14.3. The van der Waals surface area contributed by atoms with Crippen molar-refractivity contribution in [3.05, 3.63) is 23.9 Å². The molecule has 0 amide bonds. The molecule has 2 heterocycles. The molecule has 1 fully saturated rings. The van der Waals surface area contributed by atoms with Gasteiger partial charge >= 0.3 is 0 Å². The standard InChI is InChI=1S/C16H27N3/c1-4-15-6-5-9-19(15)16-8-7-14(12-18-16)11-17-10-13(2)3/h7-8,12-13,15,17H,4-6,9-11H2,1-3H3. The van der Waals surface area contributed by atoms with Crippen LogP contribution < -0.4 is 10.2 Å². The first-order valence-electron chi connectivity index (χ1n) is 7.63. The molecule has 1 aliphatic heterocycles. The predicted octanol–water partition coefficient (Wildman–Crippen LogP) is 3.21. The van der Waals surface area contributed by atoms with Crippen molar-refractivity contribution in [1.29, 1.82) is 0 Å². The molecule has 106 valence electrons. The Morgan fingerprint density at radius 2 is 2.26 bits per heavy atom. The number of nitrogens with zero attached hydrogens (tertiary/aromatic N) is 2. The minimum absolute atomic E-state index is 0.692. The lowest BCUT2D eigenvalue weighted by atomic mass is 10.1. The second-order valence-corrected chi connectivity index (χ2v) is 5.95. The number of hydrogen-bond donors (Lipinski definition) is 1. The maximum atomic E-state index is 4.64. The number of nitrogens with one attached hydrogen (secondary N) is 1. The second kappa shape index (κ2) is 6.90. The van der Waals surface area contributed by atoms with Crippen LogP contribution in [0.25, 0.3) is 0 Å². The maximum Gasteiger partial charge on any atom is 0.128 e. The van der Waals surface area contributed by atoms with Gasteiger partial charge in [-0.1, -0.05) is 26.8 Å². The average Bonchev–Trinajstić information content (AvgIpc) is 2.87. The monoisotopic (exact) mass is 261 g/mol. The van der Waals surface area contributed by atoms with Gasteiger partial charge in [0, 0.05) is 25.3 Å². The molecule has 1 aromatic rings. The summed E-state index contributed by atoms with van der Waals surface area (Å²) >= 11 is 0. The van der Waals surface area contributed by atoms with Crippen LogP contribution in [0.2, 0.25) is 0 Å². The van der Waals surface area contributed by atoms with Crippen molar-refractivity contribution < 1.29 is 0 Å². The van der Waals surface area contributed by atoms with Gasteiger partial charge in [-0.2, -0.15) is 0 Å². The Bertz CT molecular complexity index is 372. The van der Waals surface area contributed by atoms with E-state index in [1.807, 2.05) is 6.20 Å². The molecule has 1 aromatic heterocycles. The van der Waals surface area contributed by atoms with E-state index in [-0.39, 0.29) is 0 Å². The summed E-state index contributed by atoms with van der Waals surface area (Å²) in [6.45, 7) is 9.87. The van der Waals surface area contributed by atoms with Crippen LogP contribution in [0.5, 0.6) is 0 Å². The molecule has 1 N–H and O–H groups in total. The molecule has 1 atom stereocenters. The zero-order chi connectivity index (χ0) is 13.7. The lowest BCUT2D eigenvalue weighted by Crippen LogP contribution is -2.29. The van der Waals surface area contributed by atoms with E-state index in [0.29, 0.717) is 12.0 Å². The Morgan fingerprint density at radius 3 is 2.89 bits per heavy atom. The van der Waals surface area contributed by atoms with Crippen LogP contribution in [0, 0.1) is 5.92 Å². The molecule has 1 saturated heterocycles. The number of pyridine rings is 1. The first-order chi connectivity index (χ1) is 9.20. The number of rotatable bonds is 6. The first-order valence-corrected chi connectivity index (χ1v) is 7.63. The van der Waals surface area contributed by atoms with Crippen molar-refractivity contribution in [3.63, 3.8) is 0 Å². The zero-order valence-electron chi connectivity index (χ0n) is 12.5. The molecule has 0 saturated carbocycles. The van der Waals surface area contributed by atoms with E-state index in [4.69, 9.17) is 0 Å². The lowest BCUT2D eigenvalue weighted by Gasteiger charge is -2.24. The maximum absolute atomic E-state index is 4.64. The molecule has 2 rings (SSSR count). The highest BCUT2D eigenvalue weighted by molar-refractivity contribution is 5.41. The van der Waals surface area contributed by atoms with Crippen LogP contribution in [0.15, 0.2) is 18.3 Å². The highest BCUT2D eigenvalue weighted by Gasteiger charge is 2.23. The molecule has 19 heavy (non-hydrogen) atoms. The normalized spacial score (nSPS) is 19.4. The van der Waals surface area contributed by atoms with E-state index in [2.05, 4.69) is 48.1 Å². The summed E-state index contributed by atoms with van der Waals surface area (Å²) in [4.78, 5) is 7.11. The molecule has 0 aromatic carbocycles. The van der Waals surface area contributed by atoms with Crippen LogP contribution in [0.1, 0.15) is 45.6 Å². The third-order valence-corrected chi connectivity index (χ3v) is 3.83. The molecule has 3 heteroatoms. The molecule has 1 unspecified atom stereocenters. The van der Waals surface area contributed by atoms with Crippen molar-refractivity contribution in [2.24, 2.45) is 5.92 Å². The fourth-order valence-electron chi connectivity index (χ4n) is 2.76. The van der Waals surface area contributed by atoms with Crippen molar-refractivity contribution in [2.45, 2.75) is 52.6 Å². The Hall–Kier alpha value is -1.09. The van der Waals surface area contributed by atoms with E-state index in [1.54, 1.807) is 0 Å². The molecule has 3 nitrogen and oxygen atoms in total. The third kappa shape index (κ3) is 3.93. The largest absolute Gasteiger partial charge is 0.354 e. The van der Waals surface area contributed by atoms with Gasteiger partial charge in [-0.15, -0.1) is 0 Å². The summed E-state index contributed by atoms with van der Waals surface area (Å²) in [7, 11) is 0. The summed E-state index contributed by atoms with van der Waals surface area (Å²) in [5, 5.41) is 3.46. The van der Waals surface area contributed by atoms with Gasteiger partial charge in [0.15, 0.2) is 0 Å². The molecule has 0 spiro atoms. The molecule has 0 bridgehead atoms. The average molecular weight is 261 g/mol. The van der Waals surface area contributed by atoms with Gasteiger partial charge in [-0.25, -0.2) is 4.98 Å². The molecular weight excluding hydrogens is 234 g/mol. The number of aromatic nitrogens is 1. The summed E-state index contributed by atoms with van der Waals surface area (Å²) in [6.07, 6.45) is 5.86. The van der Waals surface area contributed by atoms with Crippen molar-refractivity contribution in [3.8, 4) is 0 Å². The second-order valence-electron chi connectivity index (χ2n) is 5.95. The van der Waals surface area contributed by atoms with E-state index >= 15 is 0 Å². The van der Waals surface area contributed by atoms with Crippen LogP contribution in [-0.2, 0) is 6.54 Å². The SMILES string of the molecule is CCC1CCCN1c1ccc(CNCC(C)C)cn1. The van der Waals surface area contributed by atoms with Crippen molar-refractivity contribution in [1.82, 2.24) is 10.3 Å². The summed E-state index contributed by atoms with van der Waals surface area (Å²) in [5.74, 6) is 1.85. The lowest BCUT2D eigenvalue weighted by molar-refractivity contribution is 0.552. The van der Waals surface area contributed by atoms with Crippen LogP contribution >= 0.6 is 0 Å². The van der Waals surface area contributed by atoms with E-state index in [9.17, 15) is 0 Å². The van der Waals surface area contributed by atoms with E-state index < -0.39 is 0 Å². The quantitative estimate of drug-likeness (QED) is 0.852. The Morgan fingerprint density at radius 1 is 1.42 bits per heavy atom. The van der Waals surface area contributed by atoms with Crippen LogP contribution in [0.4, 0.5) is 5.82 Å². The predicted molar refractivity (Wildman–Crippen MR) is 81.4 cm³/mol. The summed E-state index contributed by atoms with van der Waals surface area (Å²) in [6, 6.07) is 5.08. The van der Waals surface area contributed by atoms with Crippen molar-refractivity contribution in [2.75, 3.05) is 18.0 Å². The Balaban J connectivity index is 1.91. The summed E-state index contributed by atoms with van der Waals surface area (Å²) in [5.41, 5.74) is 1.27. The van der Waals surface area contributed by atoms with Crippen molar-refractivity contribution >= 4 is 5.82 Å². The number of anilines is 1. The van der Waals surface area contributed by atoms with Gasteiger partial charge in [0.1, 0.15) is 5.82 Å². The van der Waals surface area contributed by atoms with Gasteiger partial charge in [-0.3, -0.25) is 0 Å². The topological polar surface area (TPSA) is 28.2 Å². The molecular formula is C16H27N3. The molecule has 0 radical (unpaired) electrons. The van der Waals surface area contributed by atoms with Crippen LogP contribution in [-0.4, -0.2) is 24.1 Å². The Labute approximate surface area is 117 Å². The molecule has 1 aliphatic rings. The fourth-order valence-corrected chi connectivity index (χ4v) is 2.76. The smallest absolute Gasteiger partial charge is 0.128 e. The number of hydrogen-bond acceptors (Lipinski definition) is 3. The minimum Gasteiger partial charge on any atom is -0.354 e. The van der Waals surface area contributed by atoms with E-state index in [1.165, 1.54) is 24.8 Å². The van der Waals surface area contributed by atoms with E-state index in [0.717, 1.165) is 25.5 Å². The highest BCUT2D eigenvalue weighted by atomic mass is 15.2. The minimum atomic E-state index is 0.692. The van der Waals surface area contributed by atoms with Gasteiger partial charge in [0.05, 0.1) is 0 Å². The highest BCUT2D eigenvalue weighted by Crippen LogP contribution is 2.25. The molecule has 0 aliphatic carbocycles. The third-order valence-electron chi connectivity index (χ3n) is 3.83. The summed E-state index contributed by atoms with van der Waals surface area (Å²) < 4.78 is 0. The van der Waals surface area contributed by atoms with Gasteiger partial charge in [0.25, 0.3) is 0 Å². The fraction of sp³-hybridized carbons (Fsp3) is 0.688. The van der Waals surface area contributed by atoms with Gasteiger partial charge in [0.2, 0.25) is 0 Å². The zero-order valence-corrected chi connectivity index (χ0v) is 12.5. The van der Waals surface area contributed by atoms with Crippen LogP contribution in [0.3, 0.4) is 0 Å². The Kier molecular flexibility index (Phi) is 5.20. The van der Waals surface area contributed by atoms with Gasteiger partial charge < -0.3 is 10.2 Å². The van der Waals surface area contributed by atoms with Gasteiger partial charge in [-0.05, 0) is 43.4 Å².